The first-order valence-electron chi connectivity index (χ1n) is 15.8. The zero-order valence-electron chi connectivity index (χ0n) is 25.4. The van der Waals surface area contributed by atoms with Crippen molar-refractivity contribution in [2.45, 2.75) is 101 Å². The second kappa shape index (κ2) is 16.6. The maximum absolute atomic E-state index is 13.7. The van der Waals surface area contributed by atoms with Crippen LogP contribution in [0.1, 0.15) is 94.6 Å². The minimum atomic E-state index is -3.23. The van der Waals surface area contributed by atoms with Gasteiger partial charge in [-0.15, -0.1) is 0 Å². The summed E-state index contributed by atoms with van der Waals surface area (Å²) in [4.78, 5) is 12.4. The summed E-state index contributed by atoms with van der Waals surface area (Å²) in [5.41, 5.74) is 3.75. The number of Topliss-reactive ketones (excluding diaryl/α,β-unsaturated/α-hetero) is 1. The molecule has 0 saturated heterocycles. The van der Waals surface area contributed by atoms with Crippen molar-refractivity contribution in [1.29, 1.82) is 0 Å². The molecule has 0 atom stereocenters. The second-order valence-corrected chi connectivity index (χ2v) is 13.7. The molecule has 0 amide bonds. The molecule has 1 heterocycles. The summed E-state index contributed by atoms with van der Waals surface area (Å²) in [6.45, 7) is 0.227. The molecular formula is C36H45FO5S. The molecule has 232 valence electrons. The Bertz CT molecular complexity index is 1430. The first-order chi connectivity index (χ1) is 20.8. The van der Waals surface area contributed by atoms with E-state index in [0.717, 1.165) is 54.7 Å². The number of fused-ring (bicyclic) bond motifs is 1. The molecule has 3 aromatic rings. The highest BCUT2D eigenvalue weighted by Crippen LogP contribution is 2.39. The SMILES string of the molecule is CS(=O)(=O)c1ccc(-c2cc3c(cc2CCCCCCCCCCCCCCC(=O)Cc2ccccc2F)OCO3)cc1. The number of carbonyl (C=O) groups is 1. The van der Waals surface area contributed by atoms with E-state index in [1.807, 2.05) is 18.2 Å². The molecule has 0 N–H and O–H groups in total. The van der Waals surface area contributed by atoms with Crippen molar-refractivity contribution >= 4 is 15.6 Å². The average molecular weight is 609 g/mol. The number of ether oxygens (including phenoxy) is 2. The molecule has 1 aliphatic heterocycles. The van der Waals surface area contributed by atoms with E-state index in [0.29, 0.717) is 16.9 Å². The van der Waals surface area contributed by atoms with Crippen LogP contribution in [0.25, 0.3) is 11.1 Å². The Hall–Kier alpha value is -3.19. The highest BCUT2D eigenvalue weighted by atomic mass is 32.2. The van der Waals surface area contributed by atoms with Gasteiger partial charge in [0.15, 0.2) is 21.3 Å². The number of ketones is 1. The van der Waals surface area contributed by atoms with E-state index in [2.05, 4.69) is 6.07 Å². The van der Waals surface area contributed by atoms with Crippen LogP contribution in [0, 0.1) is 5.82 Å². The lowest BCUT2D eigenvalue weighted by Crippen LogP contribution is -2.04. The molecule has 0 bridgehead atoms. The second-order valence-electron chi connectivity index (χ2n) is 11.7. The van der Waals surface area contributed by atoms with Gasteiger partial charge >= 0.3 is 0 Å². The highest BCUT2D eigenvalue weighted by molar-refractivity contribution is 7.90. The molecule has 1 aliphatic rings. The Morgan fingerprint density at radius 1 is 0.721 bits per heavy atom. The number of aryl methyl sites for hydroxylation is 1. The fourth-order valence-corrected chi connectivity index (χ4v) is 6.32. The fourth-order valence-electron chi connectivity index (χ4n) is 5.69. The number of rotatable bonds is 19. The quantitative estimate of drug-likeness (QED) is 0.127. The lowest BCUT2D eigenvalue weighted by atomic mass is 9.94. The van der Waals surface area contributed by atoms with Crippen LogP contribution >= 0.6 is 0 Å². The van der Waals surface area contributed by atoms with Gasteiger partial charge in [-0.2, -0.15) is 0 Å². The Morgan fingerprint density at radius 2 is 1.28 bits per heavy atom. The molecule has 0 radical (unpaired) electrons. The van der Waals surface area contributed by atoms with Gasteiger partial charge in [0, 0.05) is 19.1 Å². The third-order valence-electron chi connectivity index (χ3n) is 8.19. The van der Waals surface area contributed by atoms with Crippen molar-refractivity contribution in [3.63, 3.8) is 0 Å². The van der Waals surface area contributed by atoms with Gasteiger partial charge in [-0.05, 0) is 71.8 Å². The average Bonchev–Trinajstić information content (AvgIpc) is 3.45. The molecule has 7 heteroatoms. The minimum absolute atomic E-state index is 0.127. The predicted octanol–water partition coefficient (Wildman–Crippen LogP) is 9.05. The molecule has 4 rings (SSSR count). The molecule has 43 heavy (non-hydrogen) atoms. The summed E-state index contributed by atoms with van der Waals surface area (Å²) in [6, 6.07) is 17.7. The minimum Gasteiger partial charge on any atom is -0.454 e. The topological polar surface area (TPSA) is 69.7 Å². The number of sulfone groups is 1. The van der Waals surface area contributed by atoms with Gasteiger partial charge in [-0.25, -0.2) is 12.8 Å². The van der Waals surface area contributed by atoms with Crippen molar-refractivity contribution in [3.05, 3.63) is 77.6 Å². The molecule has 0 saturated carbocycles. The van der Waals surface area contributed by atoms with E-state index in [1.165, 1.54) is 69.3 Å². The van der Waals surface area contributed by atoms with Crippen molar-refractivity contribution in [3.8, 4) is 22.6 Å². The fraction of sp³-hybridized carbons (Fsp3) is 0.472. The monoisotopic (exact) mass is 608 g/mol. The molecule has 5 nitrogen and oxygen atoms in total. The molecule has 3 aromatic carbocycles. The highest BCUT2D eigenvalue weighted by Gasteiger charge is 2.18. The van der Waals surface area contributed by atoms with E-state index >= 15 is 0 Å². The smallest absolute Gasteiger partial charge is 0.231 e. The van der Waals surface area contributed by atoms with Gasteiger partial charge in [-0.1, -0.05) is 94.5 Å². The summed E-state index contributed by atoms with van der Waals surface area (Å²) >= 11 is 0. The van der Waals surface area contributed by atoms with Crippen molar-refractivity contribution in [1.82, 2.24) is 0 Å². The van der Waals surface area contributed by atoms with E-state index in [9.17, 15) is 17.6 Å². The van der Waals surface area contributed by atoms with Crippen LogP contribution < -0.4 is 9.47 Å². The van der Waals surface area contributed by atoms with Crippen LogP contribution in [0.3, 0.4) is 0 Å². The lowest BCUT2D eigenvalue weighted by Gasteiger charge is -2.12. The number of halogens is 1. The summed E-state index contributed by atoms with van der Waals surface area (Å²) in [6.07, 6.45) is 17.1. The van der Waals surface area contributed by atoms with E-state index < -0.39 is 9.84 Å². The van der Waals surface area contributed by atoms with Crippen LogP contribution in [0.2, 0.25) is 0 Å². The first-order valence-corrected chi connectivity index (χ1v) is 17.7. The number of carbonyl (C=O) groups excluding carboxylic acids is 1. The van der Waals surface area contributed by atoms with Crippen LogP contribution in [0.4, 0.5) is 4.39 Å². The zero-order chi connectivity index (χ0) is 30.5. The van der Waals surface area contributed by atoms with Gasteiger partial charge in [0.25, 0.3) is 0 Å². The Kier molecular flexibility index (Phi) is 12.6. The number of hydrogen-bond donors (Lipinski definition) is 0. The van der Waals surface area contributed by atoms with E-state index in [-0.39, 0.29) is 24.8 Å². The molecule has 0 fully saturated rings. The molecule has 0 aliphatic carbocycles. The standard InChI is InChI=1S/C36H45FO5S/c1-43(39,40)32-22-20-28(21-23-32)33-26-36-35(41-27-42-36)25-29(33)16-12-10-8-6-4-2-3-5-7-9-11-13-18-31(38)24-30-17-14-15-19-34(30)37/h14-15,17,19-23,25-26H,2-13,16,18,24,27H2,1H3. The largest absolute Gasteiger partial charge is 0.454 e. The van der Waals surface area contributed by atoms with Crippen LogP contribution in [0.15, 0.2) is 65.6 Å². The molecule has 0 spiro atoms. The first kappa shape index (κ1) is 32.7. The van der Waals surface area contributed by atoms with Crippen molar-refractivity contribution in [2.24, 2.45) is 0 Å². The third-order valence-corrected chi connectivity index (χ3v) is 9.32. The van der Waals surface area contributed by atoms with Crippen LogP contribution in [-0.4, -0.2) is 27.2 Å². The van der Waals surface area contributed by atoms with Gasteiger partial charge < -0.3 is 9.47 Å². The van der Waals surface area contributed by atoms with Crippen molar-refractivity contribution in [2.75, 3.05) is 13.0 Å². The number of unbranched alkanes of at least 4 members (excludes halogenated alkanes) is 11. The maximum Gasteiger partial charge on any atom is 0.231 e. The summed E-state index contributed by atoms with van der Waals surface area (Å²) in [7, 11) is -3.23. The van der Waals surface area contributed by atoms with Gasteiger partial charge in [0.2, 0.25) is 6.79 Å². The normalized spacial score (nSPS) is 12.5. The maximum atomic E-state index is 13.7. The van der Waals surface area contributed by atoms with Crippen molar-refractivity contribution < 1.29 is 27.1 Å². The number of benzene rings is 3. The van der Waals surface area contributed by atoms with E-state index in [1.54, 1.807) is 30.3 Å². The van der Waals surface area contributed by atoms with Gasteiger partial charge in [-0.3, -0.25) is 4.79 Å². The zero-order valence-corrected chi connectivity index (χ0v) is 26.2. The number of hydrogen-bond acceptors (Lipinski definition) is 5. The third kappa shape index (κ3) is 10.5. The van der Waals surface area contributed by atoms with Crippen LogP contribution in [-0.2, 0) is 27.5 Å². The van der Waals surface area contributed by atoms with Gasteiger partial charge in [0.05, 0.1) is 4.90 Å². The predicted molar refractivity (Wildman–Crippen MR) is 170 cm³/mol. The molecule has 0 unspecified atom stereocenters. The molecule has 0 aromatic heterocycles. The molecular weight excluding hydrogens is 563 g/mol. The van der Waals surface area contributed by atoms with E-state index in [4.69, 9.17) is 9.47 Å². The van der Waals surface area contributed by atoms with Gasteiger partial charge in [0.1, 0.15) is 11.6 Å². The Labute approximate surface area is 256 Å². The lowest BCUT2D eigenvalue weighted by molar-refractivity contribution is -0.118. The summed E-state index contributed by atoms with van der Waals surface area (Å²) in [5, 5.41) is 0. The Balaban J connectivity index is 1.05. The Morgan fingerprint density at radius 3 is 1.88 bits per heavy atom. The van der Waals surface area contributed by atoms with Crippen LogP contribution in [0.5, 0.6) is 11.5 Å². The summed E-state index contributed by atoms with van der Waals surface area (Å²) < 4.78 is 48.6. The summed E-state index contributed by atoms with van der Waals surface area (Å²) in [5.74, 6) is 1.35.